The van der Waals surface area contributed by atoms with Crippen LogP contribution in [-0.2, 0) is 0 Å². The minimum Gasteiger partial charge on any atom is -0.361 e. The van der Waals surface area contributed by atoms with E-state index < -0.39 is 0 Å². The molecule has 21 heavy (non-hydrogen) atoms. The average molecular weight is 320 g/mol. The van der Waals surface area contributed by atoms with Gasteiger partial charge in [0.2, 0.25) is 0 Å². The summed E-state index contributed by atoms with van der Waals surface area (Å²) < 4.78 is 5.13. The van der Waals surface area contributed by atoms with Gasteiger partial charge in [0.15, 0.2) is 5.82 Å². The van der Waals surface area contributed by atoms with Crippen LogP contribution in [0.4, 0.5) is 0 Å². The largest absolute Gasteiger partial charge is 0.361 e. The van der Waals surface area contributed by atoms with Crippen LogP contribution >= 0.6 is 23.2 Å². The third kappa shape index (κ3) is 2.52. The highest BCUT2D eigenvalue weighted by Gasteiger charge is 2.19. The molecule has 3 rings (SSSR count). The molecule has 0 aliphatic rings. The number of nitrogens with zero attached hydrogens (tertiary/aromatic N) is 3. The fourth-order valence-electron chi connectivity index (χ4n) is 2.16. The summed E-state index contributed by atoms with van der Waals surface area (Å²) in [6, 6.07) is 9.55. The Balaban J connectivity index is 2.18. The lowest BCUT2D eigenvalue weighted by Gasteiger charge is -2.08. The zero-order valence-corrected chi connectivity index (χ0v) is 12.9. The Kier molecular flexibility index (Phi) is 3.66. The molecule has 2 heterocycles. The number of rotatable bonds is 2. The second-order valence-electron chi connectivity index (χ2n) is 4.57. The molecule has 2 aromatic heterocycles. The van der Waals surface area contributed by atoms with Gasteiger partial charge >= 0.3 is 0 Å². The second kappa shape index (κ2) is 5.47. The molecule has 0 aliphatic carbocycles. The van der Waals surface area contributed by atoms with E-state index in [0.717, 1.165) is 11.1 Å². The van der Waals surface area contributed by atoms with Gasteiger partial charge in [-0.05, 0) is 19.4 Å². The number of aryl methyl sites for hydroxylation is 2. The van der Waals surface area contributed by atoms with Crippen molar-refractivity contribution in [1.29, 1.82) is 0 Å². The van der Waals surface area contributed by atoms with E-state index in [1.54, 1.807) is 6.92 Å². The molecule has 0 amide bonds. The van der Waals surface area contributed by atoms with Crippen molar-refractivity contribution >= 4 is 23.2 Å². The summed E-state index contributed by atoms with van der Waals surface area (Å²) >= 11 is 12.6. The molecule has 0 N–H and O–H groups in total. The third-order valence-electron chi connectivity index (χ3n) is 3.14. The molecule has 0 aliphatic heterocycles. The summed E-state index contributed by atoms with van der Waals surface area (Å²) in [5.74, 6) is 1.05. The Hall–Kier alpha value is -1.91. The second-order valence-corrected chi connectivity index (χ2v) is 5.29. The van der Waals surface area contributed by atoms with Crippen LogP contribution in [0.2, 0.25) is 10.3 Å². The SMILES string of the molecule is Cc1noc(C)c1-c1nc(Cl)c(-c2ccccc2)c(Cl)n1. The molecule has 6 heteroatoms. The first-order valence-electron chi connectivity index (χ1n) is 6.29. The lowest BCUT2D eigenvalue weighted by atomic mass is 10.1. The van der Waals surface area contributed by atoms with E-state index in [4.69, 9.17) is 27.7 Å². The van der Waals surface area contributed by atoms with Gasteiger partial charge < -0.3 is 4.52 Å². The quantitative estimate of drug-likeness (QED) is 0.641. The molecule has 3 aromatic rings. The van der Waals surface area contributed by atoms with Gasteiger partial charge in [0.05, 0.1) is 16.8 Å². The Morgan fingerprint density at radius 1 is 0.905 bits per heavy atom. The maximum atomic E-state index is 6.30. The molecular formula is C15H11Cl2N3O. The Morgan fingerprint density at radius 3 is 2.05 bits per heavy atom. The van der Waals surface area contributed by atoms with Gasteiger partial charge in [0.25, 0.3) is 0 Å². The maximum Gasteiger partial charge on any atom is 0.168 e. The predicted octanol–water partition coefficient (Wildman–Crippen LogP) is 4.72. The summed E-state index contributed by atoms with van der Waals surface area (Å²) in [5.41, 5.74) is 2.91. The van der Waals surface area contributed by atoms with Crippen molar-refractivity contribution in [3.8, 4) is 22.5 Å². The topological polar surface area (TPSA) is 51.8 Å². The van der Waals surface area contributed by atoms with Gasteiger partial charge in [0, 0.05) is 0 Å². The molecule has 1 aromatic carbocycles. The fraction of sp³-hybridized carbons (Fsp3) is 0.133. The van der Waals surface area contributed by atoms with Crippen LogP contribution in [-0.4, -0.2) is 15.1 Å². The third-order valence-corrected chi connectivity index (χ3v) is 3.69. The predicted molar refractivity (Wildman–Crippen MR) is 82.5 cm³/mol. The van der Waals surface area contributed by atoms with Crippen molar-refractivity contribution in [2.24, 2.45) is 0 Å². The standard InChI is InChI=1S/C15H11Cl2N3O/c1-8-11(9(2)21-20-8)15-18-13(16)12(14(17)19-15)10-6-4-3-5-7-10/h3-7H,1-2H3. The molecule has 4 nitrogen and oxygen atoms in total. The van der Waals surface area contributed by atoms with Crippen LogP contribution < -0.4 is 0 Å². The lowest BCUT2D eigenvalue weighted by Crippen LogP contribution is -1.96. The van der Waals surface area contributed by atoms with E-state index in [9.17, 15) is 0 Å². The van der Waals surface area contributed by atoms with E-state index in [1.807, 2.05) is 37.3 Å². The van der Waals surface area contributed by atoms with Crippen molar-refractivity contribution in [2.75, 3.05) is 0 Å². The molecule has 0 fully saturated rings. The van der Waals surface area contributed by atoms with Crippen molar-refractivity contribution in [1.82, 2.24) is 15.1 Å². The molecule has 106 valence electrons. The van der Waals surface area contributed by atoms with Crippen molar-refractivity contribution in [2.45, 2.75) is 13.8 Å². The summed E-state index contributed by atoms with van der Waals surface area (Å²) in [7, 11) is 0. The minimum absolute atomic E-state index is 0.302. The van der Waals surface area contributed by atoms with Gasteiger partial charge in [-0.3, -0.25) is 0 Å². The van der Waals surface area contributed by atoms with Crippen LogP contribution in [0.15, 0.2) is 34.9 Å². The summed E-state index contributed by atoms with van der Waals surface area (Å²) in [6.45, 7) is 3.62. The fourth-order valence-corrected chi connectivity index (χ4v) is 2.77. The smallest absolute Gasteiger partial charge is 0.168 e. The number of aromatic nitrogens is 3. The minimum atomic E-state index is 0.302. The van der Waals surface area contributed by atoms with E-state index >= 15 is 0 Å². The summed E-state index contributed by atoms with van der Waals surface area (Å²) in [6.07, 6.45) is 0. The molecule has 0 bridgehead atoms. The first-order chi connectivity index (χ1) is 10.1. The van der Waals surface area contributed by atoms with Crippen molar-refractivity contribution < 1.29 is 4.52 Å². The van der Waals surface area contributed by atoms with Crippen molar-refractivity contribution in [3.63, 3.8) is 0 Å². The summed E-state index contributed by atoms with van der Waals surface area (Å²) in [5, 5.41) is 4.50. The summed E-state index contributed by atoms with van der Waals surface area (Å²) in [4.78, 5) is 8.69. The molecule has 0 unspecified atom stereocenters. The normalized spacial score (nSPS) is 10.9. The molecule has 0 radical (unpaired) electrons. The van der Waals surface area contributed by atoms with Gasteiger partial charge in [-0.1, -0.05) is 58.7 Å². The Morgan fingerprint density at radius 2 is 1.52 bits per heavy atom. The van der Waals surface area contributed by atoms with E-state index in [0.29, 0.717) is 33.1 Å². The number of benzene rings is 1. The van der Waals surface area contributed by atoms with Crippen molar-refractivity contribution in [3.05, 3.63) is 52.1 Å². The van der Waals surface area contributed by atoms with Crippen LogP contribution in [0.1, 0.15) is 11.5 Å². The zero-order chi connectivity index (χ0) is 15.0. The average Bonchev–Trinajstić information content (AvgIpc) is 2.78. The zero-order valence-electron chi connectivity index (χ0n) is 11.4. The maximum absolute atomic E-state index is 6.30. The first kappa shape index (κ1) is 14.0. The van der Waals surface area contributed by atoms with E-state index in [2.05, 4.69) is 15.1 Å². The number of halogens is 2. The lowest BCUT2D eigenvalue weighted by molar-refractivity contribution is 0.393. The van der Waals surface area contributed by atoms with E-state index in [1.165, 1.54) is 0 Å². The molecule has 0 saturated carbocycles. The van der Waals surface area contributed by atoms with E-state index in [-0.39, 0.29) is 0 Å². The van der Waals surface area contributed by atoms with Crippen LogP contribution in [0, 0.1) is 13.8 Å². The highest BCUT2D eigenvalue weighted by atomic mass is 35.5. The number of hydrogen-bond donors (Lipinski definition) is 0. The van der Waals surface area contributed by atoms with Gasteiger partial charge in [-0.2, -0.15) is 0 Å². The highest BCUT2D eigenvalue weighted by molar-refractivity contribution is 6.37. The molecule has 0 saturated heterocycles. The van der Waals surface area contributed by atoms with Crippen LogP contribution in [0.25, 0.3) is 22.5 Å². The first-order valence-corrected chi connectivity index (χ1v) is 7.05. The van der Waals surface area contributed by atoms with Crippen LogP contribution in [0.3, 0.4) is 0 Å². The highest BCUT2D eigenvalue weighted by Crippen LogP contribution is 2.35. The van der Waals surface area contributed by atoms with Gasteiger partial charge in [0.1, 0.15) is 16.1 Å². The number of hydrogen-bond acceptors (Lipinski definition) is 4. The molecule has 0 atom stereocenters. The van der Waals surface area contributed by atoms with Crippen LogP contribution in [0.5, 0.6) is 0 Å². The van der Waals surface area contributed by atoms with Gasteiger partial charge in [-0.15, -0.1) is 0 Å². The monoisotopic (exact) mass is 319 g/mol. The Labute approximate surface area is 131 Å². The van der Waals surface area contributed by atoms with Gasteiger partial charge in [-0.25, -0.2) is 9.97 Å². The molecule has 0 spiro atoms. The molecular weight excluding hydrogens is 309 g/mol. The Bertz CT molecular complexity index is 757.